The third-order valence-corrected chi connectivity index (χ3v) is 6.04. The monoisotopic (exact) mass is 365 g/mol. The summed E-state index contributed by atoms with van der Waals surface area (Å²) in [6.45, 7) is 1.54. The van der Waals surface area contributed by atoms with Crippen LogP contribution in [0.1, 0.15) is 16.1 Å². The number of nitrogens with two attached hydrogens (primary N) is 1. The molecule has 1 aromatic carbocycles. The summed E-state index contributed by atoms with van der Waals surface area (Å²) in [6.07, 6.45) is 0. The van der Waals surface area contributed by atoms with Crippen LogP contribution in [0.15, 0.2) is 22.4 Å². The number of nitrogens with zero attached hydrogens (tertiary/aromatic N) is 1. The summed E-state index contributed by atoms with van der Waals surface area (Å²) in [5.41, 5.74) is 5.64. The number of halogens is 2. The summed E-state index contributed by atoms with van der Waals surface area (Å²) in [5.74, 6) is -0.752. The van der Waals surface area contributed by atoms with Crippen LogP contribution in [-0.4, -0.2) is 19.3 Å². The third kappa shape index (κ3) is 3.46. The molecule has 21 heavy (non-hydrogen) atoms. The molecule has 0 radical (unpaired) electrons. The van der Waals surface area contributed by atoms with E-state index in [1.54, 1.807) is 0 Å². The van der Waals surface area contributed by atoms with E-state index in [0.717, 1.165) is 11.3 Å². The van der Waals surface area contributed by atoms with Crippen molar-refractivity contribution in [2.24, 2.45) is 5.73 Å². The van der Waals surface area contributed by atoms with Gasteiger partial charge in [0.25, 0.3) is 10.0 Å². The molecule has 2 aromatic rings. The van der Waals surface area contributed by atoms with Gasteiger partial charge in [0.2, 0.25) is 5.91 Å². The lowest BCUT2D eigenvalue weighted by Gasteiger charge is -2.08. The minimum absolute atomic E-state index is 0.00285. The van der Waals surface area contributed by atoms with E-state index in [0.29, 0.717) is 5.69 Å². The summed E-state index contributed by atoms with van der Waals surface area (Å²) in [7, 11) is -3.85. The Bertz CT molecular complexity index is 818. The molecule has 0 saturated heterocycles. The van der Waals surface area contributed by atoms with Gasteiger partial charge in [-0.15, -0.1) is 0 Å². The summed E-state index contributed by atoms with van der Waals surface area (Å²) >= 11 is 12.3. The second-order valence-electron chi connectivity index (χ2n) is 4.00. The number of thiazole rings is 1. The number of anilines is 1. The van der Waals surface area contributed by atoms with Gasteiger partial charge in [-0.05, 0) is 25.1 Å². The van der Waals surface area contributed by atoms with E-state index in [9.17, 15) is 13.2 Å². The third-order valence-electron chi connectivity index (χ3n) is 2.46. The highest BCUT2D eigenvalue weighted by atomic mass is 35.5. The van der Waals surface area contributed by atoms with Crippen LogP contribution in [0, 0.1) is 6.92 Å². The number of amides is 1. The number of rotatable bonds is 4. The zero-order valence-electron chi connectivity index (χ0n) is 10.6. The molecule has 6 nitrogen and oxygen atoms in total. The number of benzene rings is 1. The quantitative estimate of drug-likeness (QED) is 0.868. The fraction of sp³-hybridized carbons (Fsp3) is 0.0909. The van der Waals surface area contributed by atoms with Gasteiger partial charge in [0.15, 0.2) is 8.68 Å². The molecule has 112 valence electrons. The number of carbonyl (C=O) groups is 1. The summed E-state index contributed by atoms with van der Waals surface area (Å²) in [6, 6.07) is 4.07. The van der Waals surface area contributed by atoms with E-state index in [4.69, 9.17) is 28.9 Å². The number of aryl methyl sites for hydroxylation is 1. The molecule has 0 saturated carbocycles. The number of sulfonamides is 1. The van der Waals surface area contributed by atoms with Crippen LogP contribution in [0.4, 0.5) is 5.69 Å². The van der Waals surface area contributed by atoms with Crippen molar-refractivity contribution in [2.45, 2.75) is 11.1 Å². The maximum absolute atomic E-state index is 12.3. The van der Waals surface area contributed by atoms with Crippen molar-refractivity contribution in [2.75, 3.05) is 4.72 Å². The molecular weight excluding hydrogens is 357 g/mol. The first-order valence-corrected chi connectivity index (χ1v) is 8.51. The van der Waals surface area contributed by atoms with Crippen LogP contribution in [0.3, 0.4) is 0 Å². The molecule has 10 heteroatoms. The highest BCUT2D eigenvalue weighted by Gasteiger charge is 2.22. The molecule has 1 heterocycles. The first kappa shape index (κ1) is 16.0. The standard InChI is InChI=1S/C11H9Cl2N3O3S2/c1-5-10(20-11(13)15-5)21(18,19)16-6-2-3-8(12)7(4-6)9(14)17/h2-4,16H,1H3,(H2,14,17). The van der Waals surface area contributed by atoms with Crippen molar-refractivity contribution in [1.29, 1.82) is 0 Å². The average Bonchev–Trinajstić information content (AvgIpc) is 2.71. The topological polar surface area (TPSA) is 102 Å². The molecule has 0 bridgehead atoms. The minimum Gasteiger partial charge on any atom is -0.366 e. The lowest BCUT2D eigenvalue weighted by atomic mass is 10.2. The number of carbonyl (C=O) groups excluding carboxylic acids is 1. The molecule has 0 spiro atoms. The van der Waals surface area contributed by atoms with Crippen LogP contribution in [0.5, 0.6) is 0 Å². The van der Waals surface area contributed by atoms with Gasteiger partial charge in [-0.3, -0.25) is 9.52 Å². The van der Waals surface area contributed by atoms with Gasteiger partial charge >= 0.3 is 0 Å². The van der Waals surface area contributed by atoms with Gasteiger partial charge in [-0.2, -0.15) is 0 Å². The van der Waals surface area contributed by atoms with Crippen molar-refractivity contribution in [3.8, 4) is 0 Å². The average molecular weight is 366 g/mol. The van der Waals surface area contributed by atoms with Crippen LogP contribution in [0.2, 0.25) is 9.49 Å². The fourth-order valence-electron chi connectivity index (χ4n) is 1.58. The Labute approximate surface area is 134 Å². The molecule has 0 fully saturated rings. The predicted octanol–water partition coefficient (Wildman–Crippen LogP) is 2.66. The van der Waals surface area contributed by atoms with Crippen LogP contribution in [-0.2, 0) is 10.0 Å². The van der Waals surface area contributed by atoms with Gasteiger partial charge in [0.05, 0.1) is 16.3 Å². The molecule has 0 atom stereocenters. The van der Waals surface area contributed by atoms with Gasteiger partial charge in [-0.1, -0.05) is 34.5 Å². The first-order chi connectivity index (χ1) is 9.70. The number of hydrogen-bond donors (Lipinski definition) is 2. The molecule has 3 N–H and O–H groups in total. The van der Waals surface area contributed by atoms with Crippen molar-refractivity contribution < 1.29 is 13.2 Å². The van der Waals surface area contributed by atoms with E-state index in [2.05, 4.69) is 9.71 Å². The number of hydrogen-bond acceptors (Lipinski definition) is 5. The Morgan fingerprint density at radius 3 is 2.57 bits per heavy atom. The highest BCUT2D eigenvalue weighted by Crippen LogP contribution is 2.29. The molecular formula is C11H9Cl2N3O3S2. The summed E-state index contributed by atoms with van der Waals surface area (Å²) in [5, 5.41) is 0.141. The van der Waals surface area contributed by atoms with Gasteiger partial charge in [0.1, 0.15) is 0 Å². The molecule has 1 aromatic heterocycles. The predicted molar refractivity (Wildman–Crippen MR) is 82.6 cm³/mol. The van der Waals surface area contributed by atoms with Gasteiger partial charge in [-0.25, -0.2) is 13.4 Å². The lowest BCUT2D eigenvalue weighted by molar-refractivity contribution is 0.100. The van der Waals surface area contributed by atoms with Crippen molar-refractivity contribution in [1.82, 2.24) is 4.98 Å². The summed E-state index contributed by atoms with van der Waals surface area (Å²) in [4.78, 5) is 15.1. The largest absolute Gasteiger partial charge is 0.366 e. The molecule has 0 unspecified atom stereocenters. The van der Waals surface area contributed by atoms with E-state index in [1.807, 2.05) is 0 Å². The molecule has 0 aliphatic carbocycles. The summed E-state index contributed by atoms with van der Waals surface area (Å²) < 4.78 is 27.0. The van der Waals surface area contributed by atoms with Crippen LogP contribution >= 0.6 is 34.5 Å². The second-order valence-corrected chi connectivity index (χ2v) is 7.87. The SMILES string of the molecule is Cc1nc(Cl)sc1S(=O)(=O)Nc1ccc(Cl)c(C(N)=O)c1. The van der Waals surface area contributed by atoms with E-state index in [-0.39, 0.29) is 24.9 Å². The minimum atomic E-state index is -3.85. The fourth-order valence-corrected chi connectivity index (χ4v) is 4.58. The number of nitrogens with one attached hydrogen (secondary N) is 1. The zero-order valence-corrected chi connectivity index (χ0v) is 13.7. The Morgan fingerprint density at radius 2 is 2.05 bits per heavy atom. The van der Waals surface area contributed by atoms with Gasteiger partial charge in [0, 0.05) is 5.69 Å². The smallest absolute Gasteiger partial charge is 0.273 e. The van der Waals surface area contributed by atoms with Crippen molar-refractivity contribution >= 4 is 56.2 Å². The van der Waals surface area contributed by atoms with Crippen LogP contribution in [0.25, 0.3) is 0 Å². The number of primary amides is 1. The van der Waals surface area contributed by atoms with Gasteiger partial charge < -0.3 is 5.73 Å². The molecule has 0 aliphatic rings. The normalized spacial score (nSPS) is 11.4. The second kappa shape index (κ2) is 5.80. The Balaban J connectivity index is 2.40. The Kier molecular flexibility index (Phi) is 4.43. The Hall–Kier alpha value is -1.35. The zero-order chi connectivity index (χ0) is 15.8. The van der Waals surface area contributed by atoms with Crippen LogP contribution < -0.4 is 10.5 Å². The lowest BCUT2D eigenvalue weighted by Crippen LogP contribution is -2.15. The maximum Gasteiger partial charge on any atom is 0.273 e. The molecule has 2 rings (SSSR count). The highest BCUT2D eigenvalue weighted by molar-refractivity contribution is 7.94. The Morgan fingerprint density at radius 1 is 1.38 bits per heavy atom. The van der Waals surface area contributed by atoms with E-state index in [1.165, 1.54) is 25.1 Å². The molecule has 0 aliphatic heterocycles. The number of aromatic nitrogens is 1. The first-order valence-electron chi connectivity index (χ1n) is 5.46. The van der Waals surface area contributed by atoms with E-state index < -0.39 is 15.9 Å². The maximum atomic E-state index is 12.3. The molecule has 1 amide bonds. The van der Waals surface area contributed by atoms with Crippen molar-refractivity contribution in [3.63, 3.8) is 0 Å². The van der Waals surface area contributed by atoms with E-state index >= 15 is 0 Å². The van der Waals surface area contributed by atoms with Crippen molar-refractivity contribution in [3.05, 3.63) is 38.9 Å².